The fourth-order valence-corrected chi connectivity index (χ4v) is 11.2. The van der Waals surface area contributed by atoms with Crippen molar-refractivity contribution in [3.8, 4) is 5.75 Å². The molecule has 4 aliphatic rings. The first kappa shape index (κ1) is 27.6. The molecule has 0 spiro atoms. The number of imide groups is 1. The molecule has 0 radical (unpaired) electrons. The Bertz CT molecular complexity index is 1850. The molecule has 4 aromatic rings. The Morgan fingerprint density at radius 2 is 1.70 bits per heavy atom. The summed E-state index contributed by atoms with van der Waals surface area (Å²) in [7, 11) is 0. The summed E-state index contributed by atoms with van der Waals surface area (Å²) in [4.78, 5) is 45.6. The number of hydrogen-bond acceptors (Lipinski definition) is 6. The highest BCUT2D eigenvalue weighted by atomic mass is 79.9. The van der Waals surface area contributed by atoms with Crippen molar-refractivity contribution in [2.45, 2.75) is 29.2 Å². The third kappa shape index (κ3) is 4.35. The fraction of sp³-hybridized carbons (Fsp3) is 0.281. The Balaban J connectivity index is 1.20. The predicted molar refractivity (Wildman–Crippen MR) is 167 cm³/mol. The van der Waals surface area contributed by atoms with Crippen LogP contribution in [0.3, 0.4) is 0 Å². The number of nitrogens with one attached hydrogen (secondary N) is 1. The Hall–Kier alpha value is -2.92. The molecule has 2 aliphatic heterocycles. The lowest BCUT2D eigenvalue weighted by Gasteiger charge is -2.43. The molecule has 1 aromatic heterocycles. The highest BCUT2D eigenvalue weighted by Gasteiger charge is 2.69. The third-order valence-corrected chi connectivity index (χ3v) is 12.8. The lowest BCUT2D eigenvalue weighted by molar-refractivity contribution is -0.123. The van der Waals surface area contributed by atoms with Gasteiger partial charge < -0.3 is 9.72 Å². The smallest absolute Gasteiger partial charge is 0.305 e. The Morgan fingerprint density at radius 1 is 0.977 bits per heavy atom. The largest absolute Gasteiger partial charge is 0.489 e. The molecule has 3 fully saturated rings. The second kappa shape index (κ2) is 10.3. The number of H-pyrrole nitrogens is 1. The van der Waals surface area contributed by atoms with Crippen LogP contribution in [0.15, 0.2) is 81.0 Å². The maximum Gasteiger partial charge on any atom is 0.305 e. The molecule has 7 atom stereocenters. The van der Waals surface area contributed by atoms with E-state index in [2.05, 4.69) is 27.0 Å². The minimum Gasteiger partial charge on any atom is -0.489 e. The summed E-state index contributed by atoms with van der Waals surface area (Å²) in [5.74, 6) is -1.24. The average molecular weight is 698 g/mol. The molecule has 218 valence electrons. The van der Waals surface area contributed by atoms with Crippen molar-refractivity contribution in [3.05, 3.63) is 108 Å². The second-order valence-electron chi connectivity index (χ2n) is 11.5. The molecule has 43 heavy (non-hydrogen) atoms. The molecular weight excluding hydrogens is 675 g/mol. The molecule has 1 N–H and O–H groups in total. The number of aromatic nitrogens is 1. The van der Waals surface area contributed by atoms with Crippen LogP contribution in [-0.4, -0.2) is 22.0 Å². The Kier molecular flexibility index (Phi) is 6.63. The predicted octanol–water partition coefficient (Wildman–Crippen LogP) is 7.25. The summed E-state index contributed by atoms with van der Waals surface area (Å²) in [5, 5.41) is 1.53. The van der Waals surface area contributed by atoms with Crippen molar-refractivity contribution in [1.29, 1.82) is 0 Å². The van der Waals surface area contributed by atoms with Crippen molar-refractivity contribution < 1.29 is 18.7 Å². The topological polar surface area (TPSA) is 79.5 Å². The summed E-state index contributed by atoms with van der Waals surface area (Å²) in [6, 6.07) is 19.0. The standard InChI is InChI=1S/C32H23BrClFN2O4S2/c33-15-3-10-22(41-13-14-1-4-16(34)5-2-14)19(11-15)23-24-20-12-21(27(24)42-29-28(23)43-32(40)36-29)26-25(20)30(38)37(31(26)39)18-8-6-17(35)7-9-18/h1-11,20-21,23-27H,12-13H2,(H,36,40)/t20?,21?,23-,24?,25?,26?,27?/m1/s1. The van der Waals surface area contributed by atoms with E-state index in [0.29, 0.717) is 23.1 Å². The lowest BCUT2D eigenvalue weighted by Crippen LogP contribution is -2.42. The van der Waals surface area contributed by atoms with Crippen LogP contribution in [0.4, 0.5) is 10.1 Å². The zero-order chi connectivity index (χ0) is 29.6. The summed E-state index contributed by atoms with van der Waals surface area (Å²) in [6.45, 7) is 0.341. The molecule has 8 rings (SSSR count). The van der Waals surface area contributed by atoms with E-state index in [1.54, 1.807) is 11.8 Å². The number of nitrogens with zero attached hydrogens (tertiary/aromatic N) is 1. The number of carbonyl (C=O) groups excluding carboxylic acids is 2. The number of rotatable bonds is 5. The van der Waals surface area contributed by atoms with Gasteiger partial charge in [0.05, 0.1) is 22.5 Å². The molecule has 3 aromatic carbocycles. The maximum atomic E-state index is 14.0. The van der Waals surface area contributed by atoms with Crippen molar-refractivity contribution in [2.24, 2.45) is 29.6 Å². The number of thioether (sulfide) groups is 1. The molecule has 6 unspecified atom stereocenters. The van der Waals surface area contributed by atoms with Gasteiger partial charge in [0.25, 0.3) is 0 Å². The van der Waals surface area contributed by atoms with Gasteiger partial charge >= 0.3 is 4.87 Å². The second-order valence-corrected chi connectivity index (χ2v) is 15.1. The van der Waals surface area contributed by atoms with Crippen molar-refractivity contribution in [3.63, 3.8) is 0 Å². The van der Waals surface area contributed by atoms with Gasteiger partial charge in [-0.05, 0) is 84.3 Å². The minimum absolute atomic E-state index is 0.0171. The third-order valence-electron chi connectivity index (χ3n) is 9.42. The van der Waals surface area contributed by atoms with Crippen LogP contribution < -0.4 is 14.5 Å². The molecule has 1 saturated heterocycles. The van der Waals surface area contributed by atoms with Crippen molar-refractivity contribution >= 4 is 68.1 Å². The number of aromatic amines is 1. The van der Waals surface area contributed by atoms with Gasteiger partial charge in [0.2, 0.25) is 11.8 Å². The number of anilines is 1. The van der Waals surface area contributed by atoms with Gasteiger partial charge in [0.1, 0.15) is 18.2 Å². The van der Waals surface area contributed by atoms with E-state index in [4.69, 9.17) is 16.3 Å². The van der Waals surface area contributed by atoms with Gasteiger partial charge in [-0.25, -0.2) is 4.39 Å². The van der Waals surface area contributed by atoms with Crippen LogP contribution >= 0.6 is 50.6 Å². The molecule has 2 aliphatic carbocycles. The monoisotopic (exact) mass is 696 g/mol. The van der Waals surface area contributed by atoms with Crippen molar-refractivity contribution in [2.75, 3.05) is 4.90 Å². The molecule has 2 bridgehead atoms. The first-order chi connectivity index (χ1) is 20.8. The van der Waals surface area contributed by atoms with E-state index < -0.39 is 17.7 Å². The average Bonchev–Trinajstić information content (AvgIpc) is 3.73. The van der Waals surface area contributed by atoms with E-state index in [1.165, 1.54) is 40.5 Å². The SMILES string of the molecule is O=C1C2C3CC(C2C(=O)N1c1ccc(F)cc1)C1C3Sc2[nH]c(=O)sc2[C@@H]1c1cc(Br)ccc1OCc1ccc(Cl)cc1. The maximum absolute atomic E-state index is 14.0. The van der Waals surface area contributed by atoms with Gasteiger partial charge in [0.15, 0.2) is 0 Å². The van der Waals surface area contributed by atoms with Crippen LogP contribution in [0.25, 0.3) is 0 Å². The first-order valence-electron chi connectivity index (χ1n) is 14.0. The van der Waals surface area contributed by atoms with Crippen LogP contribution in [-0.2, 0) is 16.2 Å². The number of amides is 2. The number of halogens is 3. The quantitative estimate of drug-likeness (QED) is 0.223. The fourth-order valence-electron chi connectivity index (χ4n) is 7.85. The van der Waals surface area contributed by atoms with Crippen LogP contribution in [0.5, 0.6) is 5.75 Å². The normalized spacial score (nSPS) is 28.6. The summed E-state index contributed by atoms with van der Waals surface area (Å²) in [6.07, 6.45) is 0.775. The number of carbonyl (C=O) groups is 2. The van der Waals surface area contributed by atoms with Crippen LogP contribution in [0.2, 0.25) is 5.02 Å². The van der Waals surface area contributed by atoms with E-state index in [-0.39, 0.29) is 45.6 Å². The summed E-state index contributed by atoms with van der Waals surface area (Å²) < 4.78 is 21.0. The van der Waals surface area contributed by atoms with Gasteiger partial charge in [-0.1, -0.05) is 51.0 Å². The highest BCUT2D eigenvalue weighted by molar-refractivity contribution is 9.10. The van der Waals surface area contributed by atoms with E-state index in [9.17, 15) is 18.8 Å². The number of ether oxygens (including phenoxy) is 1. The Labute approximate surface area is 267 Å². The van der Waals surface area contributed by atoms with E-state index in [1.807, 2.05) is 36.4 Å². The van der Waals surface area contributed by atoms with Gasteiger partial charge in [-0.3, -0.25) is 19.3 Å². The summed E-state index contributed by atoms with van der Waals surface area (Å²) in [5.41, 5.74) is 2.33. The molecule has 2 amide bonds. The van der Waals surface area contributed by atoms with E-state index >= 15 is 0 Å². The molecular formula is C32H23BrClFN2O4S2. The molecule has 2 saturated carbocycles. The number of fused-ring (bicyclic) bond motifs is 9. The molecule has 6 nitrogen and oxygen atoms in total. The minimum atomic E-state index is -0.449. The van der Waals surface area contributed by atoms with Gasteiger partial charge in [-0.15, -0.1) is 11.8 Å². The van der Waals surface area contributed by atoms with E-state index in [0.717, 1.165) is 31.9 Å². The zero-order valence-corrected chi connectivity index (χ0v) is 26.3. The number of benzene rings is 3. The van der Waals surface area contributed by atoms with Crippen LogP contribution in [0, 0.1) is 35.4 Å². The number of thiazole rings is 1. The summed E-state index contributed by atoms with van der Waals surface area (Å²) >= 11 is 12.6. The lowest BCUT2D eigenvalue weighted by atomic mass is 9.68. The number of hydrogen-bond donors (Lipinski definition) is 1. The van der Waals surface area contributed by atoms with Crippen LogP contribution in [0.1, 0.15) is 28.3 Å². The molecule has 11 heteroatoms. The highest BCUT2D eigenvalue weighted by Crippen LogP contribution is 2.69. The first-order valence-corrected chi connectivity index (χ1v) is 16.8. The Morgan fingerprint density at radius 3 is 2.44 bits per heavy atom. The zero-order valence-electron chi connectivity index (χ0n) is 22.3. The van der Waals surface area contributed by atoms with Crippen molar-refractivity contribution in [1.82, 2.24) is 4.98 Å². The van der Waals surface area contributed by atoms with Gasteiger partial charge in [0, 0.05) is 31.1 Å². The van der Waals surface area contributed by atoms with Gasteiger partial charge in [-0.2, -0.15) is 0 Å². The molecule has 3 heterocycles.